The van der Waals surface area contributed by atoms with Gasteiger partial charge >= 0.3 is 0 Å². The van der Waals surface area contributed by atoms with E-state index in [-0.39, 0.29) is 5.91 Å². The van der Waals surface area contributed by atoms with Crippen LogP contribution in [0, 0.1) is 13.8 Å². The Hall–Kier alpha value is -2.73. The Morgan fingerprint density at radius 3 is 2.36 bits per heavy atom. The van der Waals surface area contributed by atoms with Crippen LogP contribution in [0.4, 0.5) is 5.69 Å². The molecular weight excluding hydrogens is 372 g/mol. The van der Waals surface area contributed by atoms with Crippen LogP contribution in [-0.2, 0) is 4.79 Å². The summed E-state index contributed by atoms with van der Waals surface area (Å²) >= 11 is 1.40. The third-order valence-corrected chi connectivity index (χ3v) is 5.56. The van der Waals surface area contributed by atoms with Crippen LogP contribution in [0.1, 0.15) is 23.6 Å². The highest BCUT2D eigenvalue weighted by atomic mass is 32.2. The fourth-order valence-electron chi connectivity index (χ4n) is 3.04. The molecule has 146 valence electrons. The first kappa shape index (κ1) is 20.0. The first-order valence-corrected chi connectivity index (χ1v) is 9.88. The summed E-state index contributed by atoms with van der Waals surface area (Å²) in [5, 5.41) is 0.705. The molecule has 6 heteroatoms. The molecule has 1 aliphatic rings. The lowest BCUT2D eigenvalue weighted by molar-refractivity contribution is -0.122. The number of amidine groups is 1. The second-order valence-electron chi connectivity index (χ2n) is 6.41. The van der Waals surface area contributed by atoms with E-state index in [9.17, 15) is 4.79 Å². The molecule has 1 amide bonds. The SMILES string of the molecule is CCN1C(=O)/C(=C\c2ccc(OC)c(OC)c2)SC1=Nc1c(C)cccc1C. The van der Waals surface area contributed by atoms with E-state index in [0.717, 1.165) is 22.4 Å². The Bertz CT molecular complexity index is 946. The summed E-state index contributed by atoms with van der Waals surface area (Å²) in [6.07, 6.45) is 1.87. The summed E-state index contributed by atoms with van der Waals surface area (Å²) in [6.45, 7) is 6.59. The number of ether oxygens (including phenoxy) is 2. The molecule has 0 aliphatic carbocycles. The van der Waals surface area contributed by atoms with Gasteiger partial charge in [0, 0.05) is 6.54 Å². The molecule has 0 saturated carbocycles. The Balaban J connectivity index is 1.98. The zero-order chi connectivity index (χ0) is 20.3. The third kappa shape index (κ3) is 3.92. The van der Waals surface area contributed by atoms with Gasteiger partial charge in [-0.1, -0.05) is 24.3 Å². The summed E-state index contributed by atoms with van der Waals surface area (Å²) in [4.78, 5) is 20.1. The number of benzene rings is 2. The first-order valence-electron chi connectivity index (χ1n) is 9.06. The average molecular weight is 397 g/mol. The van der Waals surface area contributed by atoms with Crippen molar-refractivity contribution in [3.8, 4) is 11.5 Å². The molecule has 1 heterocycles. The van der Waals surface area contributed by atoms with Gasteiger partial charge in [0.05, 0.1) is 24.8 Å². The van der Waals surface area contributed by atoms with Crippen molar-refractivity contribution in [1.82, 2.24) is 4.90 Å². The van der Waals surface area contributed by atoms with Crippen LogP contribution in [-0.4, -0.2) is 36.7 Å². The first-order chi connectivity index (χ1) is 13.5. The second kappa shape index (κ2) is 8.52. The molecule has 1 saturated heterocycles. The lowest BCUT2D eigenvalue weighted by atomic mass is 10.1. The summed E-state index contributed by atoms with van der Waals surface area (Å²) < 4.78 is 10.6. The van der Waals surface area contributed by atoms with Gasteiger partial charge in [-0.15, -0.1) is 0 Å². The Morgan fingerprint density at radius 2 is 1.75 bits per heavy atom. The fraction of sp³-hybridized carbons (Fsp3) is 0.273. The normalized spacial score (nSPS) is 16.9. The van der Waals surface area contributed by atoms with Gasteiger partial charge in [0.2, 0.25) is 0 Å². The third-order valence-electron chi connectivity index (χ3n) is 4.56. The number of hydrogen-bond acceptors (Lipinski definition) is 5. The number of methoxy groups -OCH3 is 2. The number of carbonyl (C=O) groups is 1. The van der Waals surface area contributed by atoms with Gasteiger partial charge in [-0.25, -0.2) is 4.99 Å². The second-order valence-corrected chi connectivity index (χ2v) is 7.42. The van der Waals surface area contributed by atoms with Gasteiger partial charge in [0.1, 0.15) is 0 Å². The smallest absolute Gasteiger partial charge is 0.266 e. The highest BCUT2D eigenvalue weighted by molar-refractivity contribution is 8.18. The monoisotopic (exact) mass is 396 g/mol. The Morgan fingerprint density at radius 1 is 1.07 bits per heavy atom. The van der Waals surface area contributed by atoms with E-state index >= 15 is 0 Å². The maximum Gasteiger partial charge on any atom is 0.266 e. The number of para-hydroxylation sites is 1. The highest BCUT2D eigenvalue weighted by Crippen LogP contribution is 2.36. The molecular formula is C22H24N2O3S. The minimum absolute atomic E-state index is 0.0349. The number of aliphatic imine (C=N–C) groups is 1. The molecule has 0 radical (unpaired) electrons. The zero-order valence-electron chi connectivity index (χ0n) is 16.8. The van der Waals surface area contributed by atoms with E-state index in [0.29, 0.717) is 28.1 Å². The Kier molecular flexibility index (Phi) is 6.09. The molecule has 0 unspecified atom stereocenters. The van der Waals surface area contributed by atoms with Gasteiger partial charge in [0.25, 0.3) is 5.91 Å². The van der Waals surface area contributed by atoms with Crippen molar-refractivity contribution >= 4 is 34.6 Å². The molecule has 2 aromatic rings. The van der Waals surface area contributed by atoms with Crippen molar-refractivity contribution in [2.75, 3.05) is 20.8 Å². The van der Waals surface area contributed by atoms with Crippen molar-refractivity contribution < 1.29 is 14.3 Å². The topological polar surface area (TPSA) is 51.1 Å². The van der Waals surface area contributed by atoms with E-state index in [1.54, 1.807) is 19.1 Å². The average Bonchev–Trinajstić information content (AvgIpc) is 2.99. The summed E-state index contributed by atoms with van der Waals surface area (Å²) in [6, 6.07) is 11.7. The van der Waals surface area contributed by atoms with Crippen LogP contribution in [0.15, 0.2) is 46.3 Å². The Labute approximate surface area is 170 Å². The van der Waals surface area contributed by atoms with Crippen molar-refractivity contribution in [2.24, 2.45) is 4.99 Å². The van der Waals surface area contributed by atoms with Crippen LogP contribution >= 0.6 is 11.8 Å². The van der Waals surface area contributed by atoms with Gasteiger partial charge in [0.15, 0.2) is 16.7 Å². The van der Waals surface area contributed by atoms with Gasteiger partial charge in [-0.05, 0) is 67.4 Å². The number of likely N-dealkylation sites (N-methyl/N-ethyl adjacent to an activating group) is 1. The molecule has 1 aliphatic heterocycles. The number of thioether (sulfide) groups is 1. The number of aryl methyl sites for hydroxylation is 2. The zero-order valence-corrected chi connectivity index (χ0v) is 17.6. The van der Waals surface area contributed by atoms with E-state index in [2.05, 4.69) is 0 Å². The van der Waals surface area contributed by atoms with E-state index in [4.69, 9.17) is 14.5 Å². The van der Waals surface area contributed by atoms with E-state index in [1.165, 1.54) is 11.8 Å². The van der Waals surface area contributed by atoms with Crippen LogP contribution in [0.3, 0.4) is 0 Å². The summed E-state index contributed by atoms with van der Waals surface area (Å²) in [7, 11) is 3.19. The quantitative estimate of drug-likeness (QED) is 0.672. The predicted molar refractivity (Wildman–Crippen MR) is 116 cm³/mol. The van der Waals surface area contributed by atoms with Crippen molar-refractivity contribution in [3.63, 3.8) is 0 Å². The minimum Gasteiger partial charge on any atom is -0.493 e. The van der Waals surface area contributed by atoms with Gasteiger partial charge < -0.3 is 9.47 Å². The van der Waals surface area contributed by atoms with Crippen LogP contribution < -0.4 is 9.47 Å². The number of amides is 1. The van der Waals surface area contributed by atoms with E-state index < -0.39 is 0 Å². The minimum atomic E-state index is -0.0349. The van der Waals surface area contributed by atoms with Crippen LogP contribution in [0.2, 0.25) is 0 Å². The maximum absolute atomic E-state index is 12.9. The lowest BCUT2D eigenvalue weighted by Crippen LogP contribution is -2.28. The number of hydrogen-bond donors (Lipinski definition) is 0. The summed E-state index contributed by atoms with van der Waals surface area (Å²) in [5.41, 5.74) is 3.98. The number of carbonyl (C=O) groups excluding carboxylic acids is 1. The predicted octanol–water partition coefficient (Wildman–Crippen LogP) is 4.94. The highest BCUT2D eigenvalue weighted by Gasteiger charge is 2.32. The van der Waals surface area contributed by atoms with Crippen LogP contribution in [0.25, 0.3) is 6.08 Å². The van der Waals surface area contributed by atoms with Crippen LogP contribution in [0.5, 0.6) is 11.5 Å². The van der Waals surface area contributed by atoms with Crippen molar-refractivity contribution in [1.29, 1.82) is 0 Å². The molecule has 1 fully saturated rings. The van der Waals surface area contributed by atoms with Gasteiger partial charge in [-0.3, -0.25) is 9.69 Å². The fourth-order valence-corrected chi connectivity index (χ4v) is 4.09. The molecule has 0 aromatic heterocycles. The molecule has 28 heavy (non-hydrogen) atoms. The molecule has 0 atom stereocenters. The summed E-state index contributed by atoms with van der Waals surface area (Å²) in [5.74, 6) is 1.25. The largest absolute Gasteiger partial charge is 0.493 e. The van der Waals surface area contributed by atoms with Gasteiger partial charge in [-0.2, -0.15) is 0 Å². The lowest BCUT2D eigenvalue weighted by Gasteiger charge is -2.13. The maximum atomic E-state index is 12.9. The van der Waals surface area contributed by atoms with Crippen molar-refractivity contribution in [2.45, 2.75) is 20.8 Å². The van der Waals surface area contributed by atoms with Crippen molar-refractivity contribution in [3.05, 3.63) is 58.0 Å². The number of nitrogens with zero attached hydrogens (tertiary/aromatic N) is 2. The number of rotatable bonds is 5. The molecule has 3 rings (SSSR count). The molecule has 2 aromatic carbocycles. The van der Waals surface area contributed by atoms with E-state index in [1.807, 2.05) is 63.2 Å². The molecule has 0 spiro atoms. The molecule has 5 nitrogen and oxygen atoms in total. The standard InChI is InChI=1S/C22H24N2O3S/c1-6-24-21(25)19(13-16-10-11-17(26-4)18(12-16)27-5)28-22(24)23-20-14(2)8-7-9-15(20)3/h7-13H,6H2,1-5H3/b19-13+,23-22?. The molecule has 0 N–H and O–H groups in total. The molecule has 0 bridgehead atoms.